The molecule has 3 nitrogen and oxygen atoms in total. The molecule has 1 aliphatic carbocycles. The van der Waals surface area contributed by atoms with Crippen LogP contribution in [0.4, 0.5) is 10.1 Å². The number of anilines is 1. The van der Waals surface area contributed by atoms with Crippen LogP contribution in [-0.4, -0.2) is 12.5 Å². The molecule has 0 spiro atoms. The Morgan fingerprint density at radius 2 is 1.88 bits per heavy atom. The van der Waals surface area contributed by atoms with Gasteiger partial charge >= 0.3 is 0 Å². The third kappa shape index (κ3) is 3.97. The number of allylic oxidation sites excluding steroid dienone is 1. The second-order valence-corrected chi connectivity index (χ2v) is 6.86. The first-order chi connectivity index (χ1) is 11.6. The van der Waals surface area contributed by atoms with Crippen molar-refractivity contribution >= 4 is 11.6 Å². The van der Waals surface area contributed by atoms with Gasteiger partial charge in [-0.25, -0.2) is 4.39 Å². The molecule has 1 aromatic carbocycles. The third-order valence-corrected chi connectivity index (χ3v) is 5.18. The Kier molecular flexibility index (Phi) is 5.54. The predicted octanol–water partition coefficient (Wildman–Crippen LogP) is 5.29. The number of nitrogens with one attached hydrogen (secondary N) is 1. The molecule has 1 aliphatic heterocycles. The van der Waals surface area contributed by atoms with Crippen LogP contribution in [0.2, 0.25) is 0 Å². The molecule has 1 aromatic rings. The van der Waals surface area contributed by atoms with Gasteiger partial charge in [0.05, 0.1) is 12.2 Å². The Labute approximate surface area is 143 Å². The number of benzene rings is 1. The van der Waals surface area contributed by atoms with E-state index in [2.05, 4.69) is 5.32 Å². The molecule has 1 N–H and O–H groups in total. The van der Waals surface area contributed by atoms with Gasteiger partial charge in [-0.3, -0.25) is 4.79 Å². The molecular formula is C20H26FNO2. The number of amides is 1. The van der Waals surface area contributed by atoms with Gasteiger partial charge in [0, 0.05) is 12.1 Å². The van der Waals surface area contributed by atoms with Gasteiger partial charge in [-0.1, -0.05) is 32.1 Å². The van der Waals surface area contributed by atoms with Crippen LogP contribution in [0.5, 0.6) is 0 Å². The van der Waals surface area contributed by atoms with E-state index in [1.807, 2.05) is 6.92 Å². The molecule has 0 radical (unpaired) electrons. The van der Waals surface area contributed by atoms with E-state index >= 15 is 0 Å². The minimum atomic E-state index is -0.232. The van der Waals surface area contributed by atoms with E-state index in [-0.39, 0.29) is 11.7 Å². The molecule has 0 saturated heterocycles. The fourth-order valence-electron chi connectivity index (χ4n) is 3.79. The number of rotatable bonds is 3. The Morgan fingerprint density at radius 3 is 2.54 bits per heavy atom. The summed E-state index contributed by atoms with van der Waals surface area (Å²) in [6.07, 6.45) is 8.91. The molecule has 3 rings (SSSR count). The Bertz CT molecular complexity index is 631. The molecule has 4 heteroatoms. The van der Waals surface area contributed by atoms with Crippen molar-refractivity contribution in [3.8, 4) is 0 Å². The SMILES string of the molecule is CC1=C(C(=O)Nc2ccc(F)cc2C2CCCCCCC2)CCO1. The van der Waals surface area contributed by atoms with E-state index in [9.17, 15) is 9.18 Å². The summed E-state index contributed by atoms with van der Waals surface area (Å²) in [5.41, 5.74) is 2.39. The average molecular weight is 331 g/mol. The lowest BCUT2D eigenvalue weighted by atomic mass is 9.85. The topological polar surface area (TPSA) is 38.3 Å². The summed E-state index contributed by atoms with van der Waals surface area (Å²) >= 11 is 0. The first-order valence-electron chi connectivity index (χ1n) is 9.08. The van der Waals surface area contributed by atoms with Crippen molar-refractivity contribution in [2.45, 2.75) is 64.2 Å². The quantitative estimate of drug-likeness (QED) is 0.817. The highest BCUT2D eigenvalue weighted by atomic mass is 19.1. The maximum Gasteiger partial charge on any atom is 0.255 e. The largest absolute Gasteiger partial charge is 0.497 e. The lowest BCUT2D eigenvalue weighted by molar-refractivity contribution is -0.113. The van der Waals surface area contributed by atoms with Gasteiger partial charge in [-0.2, -0.15) is 0 Å². The van der Waals surface area contributed by atoms with Crippen LogP contribution in [0.25, 0.3) is 0 Å². The van der Waals surface area contributed by atoms with Crippen LogP contribution in [0.3, 0.4) is 0 Å². The van der Waals surface area contributed by atoms with Crippen LogP contribution < -0.4 is 5.32 Å². The lowest BCUT2D eigenvalue weighted by Gasteiger charge is -2.23. The normalized spacial score (nSPS) is 19.6. The van der Waals surface area contributed by atoms with Gasteiger partial charge in [0.1, 0.15) is 11.6 Å². The van der Waals surface area contributed by atoms with Gasteiger partial charge < -0.3 is 10.1 Å². The molecule has 0 unspecified atom stereocenters. The summed E-state index contributed by atoms with van der Waals surface area (Å²) < 4.78 is 19.2. The summed E-state index contributed by atoms with van der Waals surface area (Å²) in [6.45, 7) is 2.38. The van der Waals surface area contributed by atoms with Crippen LogP contribution in [0, 0.1) is 5.82 Å². The fraction of sp³-hybridized carbons (Fsp3) is 0.550. The van der Waals surface area contributed by atoms with Gasteiger partial charge in [-0.05, 0) is 49.4 Å². The molecule has 1 amide bonds. The lowest BCUT2D eigenvalue weighted by Crippen LogP contribution is -2.17. The van der Waals surface area contributed by atoms with Crippen LogP contribution in [0.1, 0.15) is 69.8 Å². The zero-order chi connectivity index (χ0) is 16.9. The van der Waals surface area contributed by atoms with Crippen LogP contribution >= 0.6 is 0 Å². The molecular weight excluding hydrogens is 305 g/mol. The highest BCUT2D eigenvalue weighted by Crippen LogP contribution is 2.36. The maximum atomic E-state index is 13.8. The number of carbonyl (C=O) groups is 1. The Morgan fingerprint density at radius 1 is 1.17 bits per heavy atom. The minimum absolute atomic E-state index is 0.122. The van der Waals surface area contributed by atoms with E-state index in [0.717, 1.165) is 24.1 Å². The molecule has 2 aliphatic rings. The van der Waals surface area contributed by atoms with Gasteiger partial charge in [0.2, 0.25) is 0 Å². The molecule has 0 aromatic heterocycles. The average Bonchev–Trinajstić information content (AvgIpc) is 2.95. The van der Waals surface area contributed by atoms with Crippen molar-refractivity contribution in [3.05, 3.63) is 40.9 Å². The zero-order valence-corrected chi connectivity index (χ0v) is 14.4. The van der Waals surface area contributed by atoms with E-state index in [1.165, 1.54) is 38.2 Å². The summed E-state index contributed by atoms with van der Waals surface area (Å²) in [7, 11) is 0. The first-order valence-corrected chi connectivity index (χ1v) is 9.08. The summed E-state index contributed by atoms with van der Waals surface area (Å²) in [5, 5.41) is 3.00. The summed E-state index contributed by atoms with van der Waals surface area (Å²) in [4.78, 5) is 12.5. The maximum absolute atomic E-state index is 13.8. The van der Waals surface area contributed by atoms with Gasteiger partial charge in [-0.15, -0.1) is 0 Å². The number of halogens is 1. The van der Waals surface area contributed by atoms with Crippen molar-refractivity contribution < 1.29 is 13.9 Å². The van der Waals surface area contributed by atoms with Crippen molar-refractivity contribution in [2.75, 3.05) is 11.9 Å². The number of hydrogen-bond acceptors (Lipinski definition) is 2. The third-order valence-electron chi connectivity index (χ3n) is 5.18. The predicted molar refractivity (Wildman–Crippen MR) is 93.4 cm³/mol. The number of hydrogen-bond donors (Lipinski definition) is 1. The van der Waals surface area contributed by atoms with Gasteiger partial charge in [0.15, 0.2) is 0 Å². The van der Waals surface area contributed by atoms with E-state index in [1.54, 1.807) is 12.1 Å². The second kappa shape index (κ2) is 7.82. The molecule has 1 heterocycles. The van der Waals surface area contributed by atoms with E-state index in [4.69, 9.17) is 4.74 Å². The number of carbonyl (C=O) groups excluding carboxylic acids is 1. The molecule has 0 atom stereocenters. The molecule has 130 valence electrons. The molecule has 24 heavy (non-hydrogen) atoms. The second-order valence-electron chi connectivity index (χ2n) is 6.86. The monoisotopic (exact) mass is 331 g/mol. The summed E-state index contributed by atoms with van der Waals surface area (Å²) in [5.74, 6) is 0.668. The first kappa shape index (κ1) is 17.0. The van der Waals surface area contributed by atoms with Crippen molar-refractivity contribution in [1.29, 1.82) is 0 Å². The van der Waals surface area contributed by atoms with E-state index in [0.29, 0.717) is 30.3 Å². The molecule has 1 fully saturated rings. The minimum Gasteiger partial charge on any atom is -0.497 e. The van der Waals surface area contributed by atoms with Crippen LogP contribution in [-0.2, 0) is 9.53 Å². The molecule has 1 saturated carbocycles. The zero-order valence-electron chi connectivity index (χ0n) is 14.4. The highest BCUT2D eigenvalue weighted by molar-refractivity contribution is 6.04. The fourth-order valence-corrected chi connectivity index (χ4v) is 3.79. The molecule has 0 bridgehead atoms. The van der Waals surface area contributed by atoms with Crippen LogP contribution in [0.15, 0.2) is 29.5 Å². The number of ether oxygens (including phenoxy) is 1. The van der Waals surface area contributed by atoms with Crippen molar-refractivity contribution in [2.24, 2.45) is 0 Å². The van der Waals surface area contributed by atoms with E-state index < -0.39 is 0 Å². The van der Waals surface area contributed by atoms with Crippen molar-refractivity contribution in [3.63, 3.8) is 0 Å². The van der Waals surface area contributed by atoms with Gasteiger partial charge in [0.25, 0.3) is 5.91 Å². The smallest absolute Gasteiger partial charge is 0.255 e. The Hall–Kier alpha value is -1.84. The summed E-state index contributed by atoms with van der Waals surface area (Å²) in [6, 6.07) is 4.73. The standard InChI is InChI=1S/C20H26FNO2/c1-14-17(11-12-24-14)20(23)22-19-10-9-16(21)13-18(19)15-7-5-3-2-4-6-8-15/h9-10,13,15H,2-8,11-12H2,1H3,(H,22,23). The highest BCUT2D eigenvalue weighted by Gasteiger charge is 2.23. The van der Waals surface area contributed by atoms with Crippen molar-refractivity contribution in [1.82, 2.24) is 0 Å². The Balaban J connectivity index is 1.82.